The van der Waals surface area contributed by atoms with Gasteiger partial charge >= 0.3 is 0 Å². The maximum atomic E-state index is 5.45. The lowest BCUT2D eigenvalue weighted by molar-refractivity contribution is 0.406. The number of guanidine groups is 1. The molecule has 5 heteroatoms. The molecule has 1 heterocycles. The molecule has 0 bridgehead atoms. The highest BCUT2D eigenvalue weighted by atomic mass is 16.5. The third kappa shape index (κ3) is 6.47. The third-order valence-corrected chi connectivity index (χ3v) is 3.90. The molecule has 1 aromatic heterocycles. The smallest absolute Gasteiger partial charge is 0.191 e. The lowest BCUT2D eigenvalue weighted by Gasteiger charge is -2.15. The fourth-order valence-corrected chi connectivity index (χ4v) is 2.52. The molecule has 130 valence electrons. The van der Waals surface area contributed by atoms with E-state index in [4.69, 9.17) is 4.74 Å². The molecule has 0 atom stereocenters. The van der Waals surface area contributed by atoms with Gasteiger partial charge in [0.15, 0.2) is 5.96 Å². The van der Waals surface area contributed by atoms with Gasteiger partial charge in [-0.2, -0.15) is 0 Å². The molecule has 0 aliphatic rings. The van der Waals surface area contributed by atoms with Gasteiger partial charge in [0.2, 0.25) is 0 Å². The van der Waals surface area contributed by atoms with Gasteiger partial charge in [0.05, 0.1) is 19.3 Å². The molecule has 0 radical (unpaired) electrons. The number of aryl methyl sites for hydroxylation is 1. The molecule has 0 aliphatic carbocycles. The molecular formula is C18H32N4O. The van der Waals surface area contributed by atoms with E-state index in [1.807, 2.05) is 20.0 Å². The van der Waals surface area contributed by atoms with Crippen molar-refractivity contribution in [1.29, 1.82) is 0 Å². The zero-order valence-electron chi connectivity index (χ0n) is 15.5. The van der Waals surface area contributed by atoms with Crippen molar-refractivity contribution in [2.24, 2.45) is 10.9 Å². The van der Waals surface area contributed by atoms with Crippen molar-refractivity contribution in [3.63, 3.8) is 0 Å². The van der Waals surface area contributed by atoms with Crippen LogP contribution in [0.5, 0.6) is 5.75 Å². The zero-order chi connectivity index (χ0) is 17.2. The van der Waals surface area contributed by atoms with Gasteiger partial charge in [-0.05, 0) is 26.2 Å². The third-order valence-electron chi connectivity index (χ3n) is 3.90. The first-order valence-corrected chi connectivity index (χ1v) is 8.43. The van der Waals surface area contributed by atoms with Crippen molar-refractivity contribution in [3.05, 3.63) is 23.0 Å². The molecule has 0 unspecified atom stereocenters. The Labute approximate surface area is 141 Å². The summed E-state index contributed by atoms with van der Waals surface area (Å²) in [6.07, 6.45) is 5.54. The van der Waals surface area contributed by atoms with Crippen LogP contribution < -0.4 is 15.4 Å². The molecular weight excluding hydrogens is 288 g/mol. The summed E-state index contributed by atoms with van der Waals surface area (Å²) in [5, 5.41) is 6.67. The maximum Gasteiger partial charge on any atom is 0.191 e. The van der Waals surface area contributed by atoms with Crippen molar-refractivity contribution < 1.29 is 4.74 Å². The summed E-state index contributed by atoms with van der Waals surface area (Å²) in [5.74, 6) is 2.50. The Bertz CT molecular complexity index is 512. The normalized spacial score (nSPS) is 11.7. The first kappa shape index (κ1) is 19.3. The number of nitrogens with zero attached hydrogens (tertiary/aromatic N) is 2. The number of unbranched alkanes of at least 4 members (excludes halogenated alkanes) is 1. The van der Waals surface area contributed by atoms with Crippen molar-refractivity contribution in [2.45, 2.75) is 53.5 Å². The van der Waals surface area contributed by atoms with Gasteiger partial charge in [-0.25, -0.2) is 0 Å². The molecule has 1 rings (SSSR count). The van der Waals surface area contributed by atoms with Gasteiger partial charge in [0, 0.05) is 30.9 Å². The van der Waals surface area contributed by atoms with Gasteiger partial charge < -0.3 is 15.4 Å². The van der Waals surface area contributed by atoms with Crippen molar-refractivity contribution >= 4 is 5.96 Å². The highest BCUT2D eigenvalue weighted by Crippen LogP contribution is 2.23. The number of pyridine rings is 1. The summed E-state index contributed by atoms with van der Waals surface area (Å²) >= 11 is 0. The van der Waals surface area contributed by atoms with Crippen LogP contribution in [0, 0.1) is 19.8 Å². The van der Waals surface area contributed by atoms with Gasteiger partial charge in [0.25, 0.3) is 0 Å². The Hall–Kier alpha value is -1.78. The van der Waals surface area contributed by atoms with Gasteiger partial charge in [-0.15, -0.1) is 0 Å². The van der Waals surface area contributed by atoms with Crippen LogP contribution in [-0.4, -0.2) is 31.6 Å². The van der Waals surface area contributed by atoms with E-state index < -0.39 is 0 Å². The Morgan fingerprint density at radius 2 is 2.00 bits per heavy atom. The minimum atomic E-state index is 0.633. The number of aromatic nitrogens is 1. The molecule has 2 N–H and O–H groups in total. The topological polar surface area (TPSA) is 58.5 Å². The molecule has 0 spiro atoms. The van der Waals surface area contributed by atoms with Gasteiger partial charge in [-0.3, -0.25) is 9.98 Å². The first-order valence-electron chi connectivity index (χ1n) is 8.43. The molecule has 0 aliphatic heterocycles. The molecule has 0 fully saturated rings. The van der Waals surface area contributed by atoms with Crippen molar-refractivity contribution in [1.82, 2.24) is 15.6 Å². The number of rotatable bonds is 8. The van der Waals surface area contributed by atoms with Gasteiger partial charge in [0.1, 0.15) is 5.75 Å². The molecule has 23 heavy (non-hydrogen) atoms. The molecule has 0 amide bonds. The quantitative estimate of drug-likeness (QED) is 0.439. The fraction of sp³-hybridized carbons (Fsp3) is 0.667. The standard InChI is InChI=1S/C18H32N4O/c1-13(2)9-7-8-10-20-18(19-5)22-12-16-15(4)17(23-6)14(3)11-21-16/h11,13H,7-10,12H2,1-6H3,(H2,19,20,22). The second kappa shape index (κ2) is 10.1. The van der Waals surface area contributed by atoms with E-state index in [0.717, 1.165) is 47.4 Å². The average molecular weight is 320 g/mol. The summed E-state index contributed by atoms with van der Waals surface area (Å²) < 4.78 is 5.45. The van der Waals surface area contributed by atoms with E-state index >= 15 is 0 Å². The van der Waals surface area contributed by atoms with Crippen LogP contribution in [0.15, 0.2) is 11.2 Å². The molecule has 5 nitrogen and oxygen atoms in total. The van der Waals surface area contributed by atoms with Crippen LogP contribution in [0.25, 0.3) is 0 Å². The summed E-state index contributed by atoms with van der Waals surface area (Å²) in [4.78, 5) is 8.76. The lowest BCUT2D eigenvalue weighted by atomic mass is 10.1. The molecule has 1 aromatic rings. The van der Waals surface area contributed by atoms with Crippen LogP contribution in [0.2, 0.25) is 0 Å². The second-order valence-electron chi connectivity index (χ2n) is 6.29. The average Bonchev–Trinajstić information content (AvgIpc) is 2.51. The van der Waals surface area contributed by atoms with Crippen LogP contribution in [0.3, 0.4) is 0 Å². The van der Waals surface area contributed by atoms with E-state index in [1.165, 1.54) is 12.8 Å². The van der Waals surface area contributed by atoms with Crippen LogP contribution in [0.1, 0.15) is 49.9 Å². The Kier molecular flexibility index (Phi) is 8.45. The fourth-order valence-electron chi connectivity index (χ4n) is 2.52. The highest BCUT2D eigenvalue weighted by Gasteiger charge is 2.09. The first-order chi connectivity index (χ1) is 11.0. The number of methoxy groups -OCH3 is 1. The summed E-state index contributed by atoms with van der Waals surface area (Å²) in [7, 11) is 3.49. The minimum Gasteiger partial charge on any atom is -0.496 e. The number of aliphatic imine (C=N–C) groups is 1. The van der Waals surface area contributed by atoms with Gasteiger partial charge in [-0.1, -0.05) is 26.7 Å². The van der Waals surface area contributed by atoms with E-state index in [1.54, 1.807) is 14.2 Å². The van der Waals surface area contributed by atoms with E-state index in [-0.39, 0.29) is 0 Å². The zero-order valence-corrected chi connectivity index (χ0v) is 15.5. The second-order valence-corrected chi connectivity index (χ2v) is 6.29. The molecule has 0 saturated heterocycles. The minimum absolute atomic E-state index is 0.633. The Balaban J connectivity index is 2.46. The molecule has 0 aromatic carbocycles. The van der Waals surface area contributed by atoms with Crippen molar-refractivity contribution in [2.75, 3.05) is 20.7 Å². The van der Waals surface area contributed by atoms with E-state index in [0.29, 0.717) is 6.54 Å². The molecule has 0 saturated carbocycles. The Morgan fingerprint density at radius 1 is 1.26 bits per heavy atom. The summed E-state index contributed by atoms with van der Waals surface area (Å²) in [6.45, 7) is 10.1. The number of hydrogen-bond donors (Lipinski definition) is 2. The predicted molar refractivity (Wildman–Crippen MR) is 97.2 cm³/mol. The Morgan fingerprint density at radius 3 is 2.61 bits per heavy atom. The number of nitrogens with one attached hydrogen (secondary N) is 2. The largest absolute Gasteiger partial charge is 0.496 e. The van der Waals surface area contributed by atoms with Crippen LogP contribution in [-0.2, 0) is 6.54 Å². The van der Waals surface area contributed by atoms with E-state index in [2.05, 4.69) is 34.5 Å². The number of hydrogen-bond acceptors (Lipinski definition) is 3. The SMILES string of the molecule is CN=C(NCCCCC(C)C)NCc1ncc(C)c(OC)c1C. The van der Waals surface area contributed by atoms with Crippen LogP contribution >= 0.6 is 0 Å². The van der Waals surface area contributed by atoms with Crippen LogP contribution in [0.4, 0.5) is 0 Å². The predicted octanol–water partition coefficient (Wildman–Crippen LogP) is 3.20. The van der Waals surface area contributed by atoms with Crippen molar-refractivity contribution in [3.8, 4) is 5.75 Å². The maximum absolute atomic E-state index is 5.45. The monoisotopic (exact) mass is 320 g/mol. The lowest BCUT2D eigenvalue weighted by Crippen LogP contribution is -2.37. The van der Waals surface area contributed by atoms with E-state index in [9.17, 15) is 0 Å². The summed E-state index contributed by atoms with van der Waals surface area (Å²) in [6, 6.07) is 0. The highest BCUT2D eigenvalue weighted by molar-refractivity contribution is 5.79. The number of ether oxygens (including phenoxy) is 1. The summed E-state index contributed by atoms with van der Waals surface area (Å²) in [5.41, 5.74) is 3.11.